The van der Waals surface area contributed by atoms with Gasteiger partial charge >= 0.3 is 5.97 Å². The maximum absolute atomic E-state index is 11.5. The molecule has 156 valence electrons. The second-order valence-corrected chi connectivity index (χ2v) is 7.88. The van der Waals surface area contributed by atoms with Crippen molar-refractivity contribution in [3.63, 3.8) is 0 Å². The molecule has 2 saturated heterocycles. The standard InChI is InChI=1S/C19H31ClO7/c1-6-14-13(3)17(20)19(22,25-14)9-7-8-18(24-5)11-12(2)15(26-27-18)10-16(21)23-4/h12,14-15,17,22H,3,6-11H2,1-2,4-5H3. The van der Waals surface area contributed by atoms with Crippen LogP contribution >= 0.6 is 11.6 Å². The number of halogens is 1. The van der Waals surface area contributed by atoms with E-state index in [0.29, 0.717) is 37.7 Å². The molecular formula is C19H31ClO7. The van der Waals surface area contributed by atoms with Crippen molar-refractivity contribution < 1.29 is 33.9 Å². The number of esters is 1. The Hall–Kier alpha value is -0.700. The third-order valence-electron chi connectivity index (χ3n) is 5.50. The summed E-state index contributed by atoms with van der Waals surface area (Å²) in [7, 11) is 2.89. The predicted octanol–water partition coefficient (Wildman–Crippen LogP) is 3.08. The first-order valence-corrected chi connectivity index (χ1v) is 9.83. The van der Waals surface area contributed by atoms with E-state index in [1.165, 1.54) is 7.11 Å². The second kappa shape index (κ2) is 9.20. The van der Waals surface area contributed by atoms with Crippen molar-refractivity contribution in [1.29, 1.82) is 0 Å². The van der Waals surface area contributed by atoms with Gasteiger partial charge in [0.2, 0.25) is 5.79 Å². The van der Waals surface area contributed by atoms with Gasteiger partial charge < -0.3 is 19.3 Å². The number of ether oxygens (including phenoxy) is 3. The highest BCUT2D eigenvalue weighted by atomic mass is 35.5. The van der Waals surface area contributed by atoms with E-state index in [2.05, 4.69) is 11.3 Å². The fourth-order valence-corrected chi connectivity index (χ4v) is 4.02. The maximum Gasteiger partial charge on any atom is 0.308 e. The summed E-state index contributed by atoms with van der Waals surface area (Å²) in [5.41, 5.74) is 0.708. The van der Waals surface area contributed by atoms with E-state index in [1.807, 2.05) is 13.8 Å². The van der Waals surface area contributed by atoms with Crippen LogP contribution in [0.2, 0.25) is 0 Å². The zero-order valence-corrected chi connectivity index (χ0v) is 17.3. The molecule has 6 atom stereocenters. The minimum Gasteiger partial charge on any atom is -0.469 e. The number of rotatable bonds is 8. The zero-order valence-electron chi connectivity index (χ0n) is 16.5. The number of aliphatic hydroxyl groups is 1. The summed E-state index contributed by atoms with van der Waals surface area (Å²) in [6, 6.07) is 0. The van der Waals surface area contributed by atoms with Crippen LogP contribution in [-0.4, -0.2) is 54.5 Å². The highest BCUT2D eigenvalue weighted by molar-refractivity contribution is 6.23. The Bertz CT molecular complexity index is 542. The lowest BCUT2D eigenvalue weighted by Gasteiger charge is -2.41. The van der Waals surface area contributed by atoms with Crippen LogP contribution in [-0.2, 0) is 28.8 Å². The Morgan fingerprint density at radius 2 is 2.11 bits per heavy atom. The Morgan fingerprint density at radius 1 is 1.41 bits per heavy atom. The van der Waals surface area contributed by atoms with E-state index in [0.717, 1.165) is 0 Å². The van der Waals surface area contributed by atoms with Gasteiger partial charge in [0, 0.05) is 26.4 Å². The topological polar surface area (TPSA) is 83.5 Å². The summed E-state index contributed by atoms with van der Waals surface area (Å²) >= 11 is 6.33. The molecule has 7 nitrogen and oxygen atoms in total. The normalized spacial score (nSPS) is 39.6. The van der Waals surface area contributed by atoms with E-state index in [4.69, 9.17) is 30.8 Å². The van der Waals surface area contributed by atoms with Crippen LogP contribution < -0.4 is 0 Å². The van der Waals surface area contributed by atoms with Crippen molar-refractivity contribution in [2.75, 3.05) is 14.2 Å². The molecule has 2 aliphatic heterocycles. The molecule has 0 spiro atoms. The average Bonchev–Trinajstić information content (AvgIpc) is 2.87. The molecule has 6 unspecified atom stereocenters. The fraction of sp³-hybridized carbons (Fsp3) is 0.842. The van der Waals surface area contributed by atoms with Crippen molar-refractivity contribution in [2.45, 2.75) is 81.5 Å². The first-order chi connectivity index (χ1) is 12.7. The summed E-state index contributed by atoms with van der Waals surface area (Å²) in [6.45, 7) is 7.87. The lowest BCUT2D eigenvalue weighted by Crippen LogP contribution is -2.47. The van der Waals surface area contributed by atoms with Crippen LogP contribution in [0.15, 0.2) is 12.2 Å². The third-order valence-corrected chi connectivity index (χ3v) is 6.12. The van der Waals surface area contributed by atoms with Gasteiger partial charge in [-0.2, -0.15) is 0 Å². The molecule has 2 heterocycles. The van der Waals surface area contributed by atoms with Gasteiger partial charge in [0.1, 0.15) is 11.5 Å². The van der Waals surface area contributed by atoms with Gasteiger partial charge in [-0.15, -0.1) is 11.6 Å². The molecule has 0 bridgehead atoms. The summed E-state index contributed by atoms with van der Waals surface area (Å²) in [5.74, 6) is -2.69. The van der Waals surface area contributed by atoms with E-state index >= 15 is 0 Å². The van der Waals surface area contributed by atoms with Gasteiger partial charge in [-0.25, -0.2) is 9.78 Å². The minimum atomic E-state index is -1.44. The molecule has 0 aliphatic carbocycles. The van der Waals surface area contributed by atoms with Crippen LogP contribution in [0.1, 0.15) is 52.4 Å². The Labute approximate surface area is 165 Å². The monoisotopic (exact) mass is 406 g/mol. The fourth-order valence-electron chi connectivity index (χ4n) is 3.72. The van der Waals surface area contributed by atoms with Gasteiger partial charge in [-0.05, 0) is 24.3 Å². The van der Waals surface area contributed by atoms with Crippen molar-refractivity contribution >= 4 is 17.6 Å². The van der Waals surface area contributed by atoms with Gasteiger partial charge in [0.25, 0.3) is 0 Å². The van der Waals surface area contributed by atoms with Crippen molar-refractivity contribution in [2.24, 2.45) is 5.92 Å². The van der Waals surface area contributed by atoms with E-state index < -0.39 is 17.0 Å². The van der Waals surface area contributed by atoms with Crippen molar-refractivity contribution in [3.8, 4) is 0 Å². The lowest BCUT2D eigenvalue weighted by atomic mass is 9.89. The van der Waals surface area contributed by atoms with E-state index in [1.54, 1.807) is 7.11 Å². The quantitative estimate of drug-likeness (QED) is 0.287. The zero-order chi connectivity index (χ0) is 20.2. The molecule has 0 saturated carbocycles. The Kier molecular flexibility index (Phi) is 7.70. The van der Waals surface area contributed by atoms with Crippen LogP contribution in [0.4, 0.5) is 0 Å². The molecule has 1 N–H and O–H groups in total. The molecule has 0 aromatic rings. The Balaban J connectivity index is 1.90. The van der Waals surface area contributed by atoms with E-state index in [9.17, 15) is 9.90 Å². The van der Waals surface area contributed by atoms with Gasteiger partial charge in [-0.1, -0.05) is 20.4 Å². The van der Waals surface area contributed by atoms with E-state index in [-0.39, 0.29) is 30.5 Å². The smallest absolute Gasteiger partial charge is 0.308 e. The first kappa shape index (κ1) is 22.6. The minimum absolute atomic E-state index is 0.0358. The molecular weight excluding hydrogens is 376 g/mol. The van der Waals surface area contributed by atoms with Crippen LogP contribution in [0.25, 0.3) is 0 Å². The lowest BCUT2D eigenvalue weighted by molar-refractivity contribution is -0.475. The summed E-state index contributed by atoms with van der Waals surface area (Å²) in [4.78, 5) is 22.4. The maximum atomic E-state index is 11.5. The highest BCUT2D eigenvalue weighted by Gasteiger charge is 2.49. The number of carbonyl (C=O) groups excluding carboxylic acids is 1. The molecule has 2 fully saturated rings. The number of hydrogen-bond donors (Lipinski definition) is 1. The Morgan fingerprint density at radius 3 is 2.63 bits per heavy atom. The summed E-state index contributed by atoms with van der Waals surface area (Å²) < 4.78 is 16.0. The second-order valence-electron chi connectivity index (χ2n) is 7.45. The first-order valence-electron chi connectivity index (χ1n) is 9.39. The van der Waals surface area contributed by atoms with Crippen LogP contribution in [0.5, 0.6) is 0 Å². The molecule has 8 heteroatoms. The van der Waals surface area contributed by atoms with Gasteiger partial charge in [-0.3, -0.25) is 4.79 Å². The number of methoxy groups -OCH3 is 2. The molecule has 0 radical (unpaired) electrons. The van der Waals surface area contributed by atoms with Crippen LogP contribution in [0, 0.1) is 5.92 Å². The average molecular weight is 407 g/mol. The highest BCUT2D eigenvalue weighted by Crippen LogP contribution is 2.42. The van der Waals surface area contributed by atoms with Crippen molar-refractivity contribution in [1.82, 2.24) is 0 Å². The molecule has 2 rings (SSSR count). The van der Waals surface area contributed by atoms with Gasteiger partial charge in [0.15, 0.2) is 5.79 Å². The van der Waals surface area contributed by atoms with Gasteiger partial charge in [0.05, 0.1) is 19.6 Å². The predicted molar refractivity (Wildman–Crippen MR) is 98.9 cm³/mol. The van der Waals surface area contributed by atoms with Crippen LogP contribution in [0.3, 0.4) is 0 Å². The number of hydrogen-bond acceptors (Lipinski definition) is 7. The van der Waals surface area contributed by atoms with Crippen molar-refractivity contribution in [3.05, 3.63) is 12.2 Å². The molecule has 0 amide bonds. The number of carbonyl (C=O) groups is 1. The summed E-state index contributed by atoms with van der Waals surface area (Å²) in [6.07, 6.45) is 2.13. The summed E-state index contributed by atoms with van der Waals surface area (Å²) in [5, 5.41) is 10.1. The SMILES string of the molecule is C=C1C(CC)OC(O)(CCCC2(OC)CC(C)C(CC(=O)OC)OO2)C1Cl. The number of alkyl halides is 1. The molecule has 0 aromatic heterocycles. The molecule has 27 heavy (non-hydrogen) atoms. The molecule has 2 aliphatic rings. The third kappa shape index (κ3) is 5.02. The molecule has 0 aromatic carbocycles. The largest absolute Gasteiger partial charge is 0.469 e.